The molecule has 0 unspecified atom stereocenters. The monoisotopic (exact) mass is 287 g/mol. The van der Waals surface area contributed by atoms with Crippen LogP contribution >= 0.6 is 0 Å². The Labute approximate surface area is 179 Å². The van der Waals surface area contributed by atoms with Crippen LogP contribution in [0.5, 0.6) is 0 Å². The zero-order valence-corrected chi connectivity index (χ0v) is 16.0. The molecule has 0 aromatic rings. The van der Waals surface area contributed by atoms with Gasteiger partial charge in [-0.1, -0.05) is 13.6 Å². The molecule has 1 heterocycles. The Bertz CT molecular complexity index is 222. The second-order valence-electron chi connectivity index (χ2n) is 3.72. The van der Waals surface area contributed by atoms with E-state index in [0.717, 1.165) is 6.92 Å². The smallest absolute Gasteiger partial charge is 0.892 e. The van der Waals surface area contributed by atoms with E-state index in [9.17, 15) is 23.2 Å². The average molecular weight is 287 g/mol. The predicted octanol–water partition coefficient (Wildman–Crippen LogP) is -6.84. The second-order valence-corrected chi connectivity index (χ2v) is 3.72. The Morgan fingerprint density at radius 1 is 1.25 bits per heavy atom. The number of piperidine rings is 1. The fraction of sp³-hybridized carbons (Fsp3) is 1.00. The van der Waals surface area contributed by atoms with Gasteiger partial charge in [0.05, 0.1) is 0 Å². The van der Waals surface area contributed by atoms with Gasteiger partial charge in [-0.05, 0) is 19.8 Å². The van der Waals surface area contributed by atoms with E-state index in [0.29, 0.717) is 4.90 Å². The Morgan fingerprint density at radius 3 is 2.19 bits per heavy atom. The van der Waals surface area contributed by atoms with Gasteiger partial charge in [-0.3, -0.25) is 4.90 Å². The molecule has 16 heavy (non-hydrogen) atoms. The maximum atomic E-state index is 13.4. The van der Waals surface area contributed by atoms with E-state index in [1.165, 1.54) is 0 Å². The van der Waals surface area contributed by atoms with Crippen molar-refractivity contribution in [2.45, 2.75) is 31.5 Å². The molecule has 82 valence electrons. The number of hydrogen-bond donors (Lipinski definition) is 0. The largest absolute Gasteiger partial charge is 1.00 e. The number of rotatable bonds is 2. The molecule has 0 aromatic heterocycles. The minimum absolute atomic E-state index is 0. The van der Waals surface area contributed by atoms with Crippen molar-refractivity contribution >= 4 is 7.12 Å². The molecule has 1 atom stereocenters. The molecule has 0 bridgehead atoms. The summed E-state index contributed by atoms with van der Waals surface area (Å²) in [5, 5.41) is 20.5. The van der Waals surface area contributed by atoms with Gasteiger partial charge in [-0.2, -0.15) is 8.78 Å². The van der Waals surface area contributed by atoms with Gasteiger partial charge in [0.25, 0.3) is 0 Å². The first kappa shape index (κ1) is 21.3. The summed E-state index contributed by atoms with van der Waals surface area (Å²) in [6, 6.07) is -3.71. The summed E-state index contributed by atoms with van der Waals surface area (Å²) >= 11 is 0. The molecular weight excluding hydrogens is 276 g/mol. The molecule has 3 nitrogen and oxygen atoms in total. The molecule has 0 amide bonds. The van der Waals surface area contributed by atoms with Gasteiger partial charge < -0.3 is 10.0 Å². The van der Waals surface area contributed by atoms with Crippen molar-refractivity contribution in [2.24, 2.45) is 0 Å². The Balaban J connectivity index is 0. The maximum absolute atomic E-state index is 13.4. The molecule has 0 saturated carbocycles. The van der Waals surface area contributed by atoms with Crippen LogP contribution in [-0.4, -0.2) is 36.7 Å². The molecule has 0 aromatic carbocycles. The molecule has 1 saturated heterocycles. The maximum Gasteiger partial charge on any atom is 1.00 e. The predicted molar refractivity (Wildman–Crippen MR) is 41.0 cm³/mol. The third-order valence-electron chi connectivity index (χ3n) is 2.47. The zero-order valence-electron chi connectivity index (χ0n) is 9.80. The number of hydrogen-bond acceptors (Lipinski definition) is 3. The summed E-state index contributed by atoms with van der Waals surface area (Å²) in [7, 11) is -2.37. The quantitative estimate of drug-likeness (QED) is 0.375. The number of likely N-dealkylation sites (tertiary alicyclic amines) is 1. The molecule has 1 fully saturated rings. The first-order valence-electron chi connectivity index (χ1n) is 4.41. The Hall–Kier alpha value is 3.01. The zero-order chi connectivity index (χ0) is 11.0. The Morgan fingerprint density at radius 2 is 1.75 bits per heavy atom. The average Bonchev–Trinajstić information content (AvgIpc) is 1.98. The summed E-state index contributed by atoms with van der Waals surface area (Å²) in [5.41, 5.74) is -2.65. The SMILES string of the molecule is C[C@@]1(F)CCCN(CB([O-])[O-])C1(F)F.[K+].[K+]. The third-order valence-corrected chi connectivity index (χ3v) is 2.47. The molecule has 1 rings (SSSR count). The van der Waals surface area contributed by atoms with Crippen molar-refractivity contribution in [3.8, 4) is 0 Å². The molecule has 0 spiro atoms. The van der Waals surface area contributed by atoms with Gasteiger partial charge in [0.1, 0.15) is 0 Å². The van der Waals surface area contributed by atoms with E-state index >= 15 is 0 Å². The van der Waals surface area contributed by atoms with E-state index in [1.807, 2.05) is 0 Å². The fourth-order valence-corrected chi connectivity index (χ4v) is 1.61. The van der Waals surface area contributed by atoms with Gasteiger partial charge >= 0.3 is 109 Å². The molecule has 0 N–H and O–H groups in total. The van der Waals surface area contributed by atoms with Crippen LogP contribution in [0.3, 0.4) is 0 Å². The summed E-state index contributed by atoms with van der Waals surface area (Å²) < 4.78 is 39.9. The summed E-state index contributed by atoms with van der Waals surface area (Å²) in [6.45, 7) is 0.692. The summed E-state index contributed by atoms with van der Waals surface area (Å²) in [5.74, 6) is 0. The van der Waals surface area contributed by atoms with E-state index in [-0.39, 0.29) is 122 Å². The first-order valence-corrected chi connectivity index (χ1v) is 4.41. The summed E-state index contributed by atoms with van der Waals surface area (Å²) in [4.78, 5) is 0.348. The molecule has 0 aliphatic carbocycles. The van der Waals surface area contributed by atoms with Crippen molar-refractivity contribution < 1.29 is 126 Å². The van der Waals surface area contributed by atoms with Gasteiger partial charge in [-0.15, -0.1) is 0 Å². The van der Waals surface area contributed by atoms with Gasteiger partial charge in [0.15, 0.2) is 5.67 Å². The van der Waals surface area contributed by atoms with Crippen LogP contribution < -0.4 is 113 Å². The van der Waals surface area contributed by atoms with Crippen LogP contribution in [0.4, 0.5) is 13.2 Å². The molecule has 1 aliphatic rings. The first-order chi connectivity index (χ1) is 6.27. The topological polar surface area (TPSA) is 49.4 Å². The van der Waals surface area contributed by atoms with E-state index in [4.69, 9.17) is 0 Å². The van der Waals surface area contributed by atoms with E-state index in [1.54, 1.807) is 0 Å². The molecule has 1 aliphatic heterocycles. The van der Waals surface area contributed by atoms with Crippen molar-refractivity contribution in [1.82, 2.24) is 4.90 Å². The normalized spacial score (nSPS) is 28.9. The second kappa shape index (κ2) is 8.33. The van der Waals surface area contributed by atoms with E-state index < -0.39 is 25.3 Å². The Kier molecular flexibility index (Phi) is 11.1. The minimum Gasteiger partial charge on any atom is -0.892 e. The van der Waals surface area contributed by atoms with E-state index in [2.05, 4.69) is 0 Å². The van der Waals surface area contributed by atoms with Crippen LogP contribution in [0.25, 0.3) is 0 Å². The van der Waals surface area contributed by atoms with Crippen molar-refractivity contribution in [2.75, 3.05) is 13.0 Å². The molecular formula is C7H11BF3K2NO2. The van der Waals surface area contributed by atoms with Crippen LogP contribution in [0, 0.1) is 0 Å². The standard InChI is InChI=1S/C7H11BF3NO2.2K/c1-6(9)3-2-4-12(5-8(13)14)7(6,10)11;;/h2-5H2,1H3;;/q-2;2*+1/t6-;;/m1../s1. The number of nitrogens with zero attached hydrogens (tertiary/aromatic N) is 1. The number of halogens is 3. The van der Waals surface area contributed by atoms with Gasteiger partial charge in [0, 0.05) is 6.54 Å². The van der Waals surface area contributed by atoms with Crippen LogP contribution in [-0.2, 0) is 0 Å². The van der Waals surface area contributed by atoms with Gasteiger partial charge in [0.2, 0.25) is 0 Å². The van der Waals surface area contributed by atoms with Crippen LogP contribution in [0.1, 0.15) is 19.8 Å². The summed E-state index contributed by atoms with van der Waals surface area (Å²) in [6.07, 6.45) is -0.874. The third kappa shape index (κ3) is 5.18. The van der Waals surface area contributed by atoms with Crippen LogP contribution in [0.2, 0.25) is 0 Å². The molecule has 0 radical (unpaired) electrons. The fourth-order valence-electron chi connectivity index (χ4n) is 1.61. The van der Waals surface area contributed by atoms with Crippen molar-refractivity contribution in [1.29, 1.82) is 0 Å². The minimum atomic E-state index is -3.71. The number of alkyl halides is 3. The van der Waals surface area contributed by atoms with Crippen molar-refractivity contribution in [3.63, 3.8) is 0 Å². The molecule has 9 heteroatoms. The van der Waals surface area contributed by atoms with Gasteiger partial charge in [-0.25, -0.2) is 4.39 Å². The van der Waals surface area contributed by atoms with Crippen molar-refractivity contribution in [3.05, 3.63) is 0 Å². The van der Waals surface area contributed by atoms with Crippen LogP contribution in [0.15, 0.2) is 0 Å².